The van der Waals surface area contributed by atoms with E-state index >= 15 is 0 Å². The highest BCUT2D eigenvalue weighted by Crippen LogP contribution is 2.60. The van der Waals surface area contributed by atoms with Crippen molar-refractivity contribution < 1.29 is 50.4 Å². The lowest BCUT2D eigenvalue weighted by Gasteiger charge is -2.26. The van der Waals surface area contributed by atoms with Crippen LogP contribution >= 0.6 is 23.5 Å². The Kier molecular flexibility index (Phi) is 8.37. The first-order chi connectivity index (χ1) is 28.8. The number of ether oxygens (including phenoxy) is 1. The Balaban J connectivity index is 1.11. The van der Waals surface area contributed by atoms with Gasteiger partial charge in [-0.25, -0.2) is 9.79 Å². The third-order valence-corrected chi connectivity index (χ3v) is 13.3. The summed E-state index contributed by atoms with van der Waals surface area (Å²) in [6, 6.07) is 10.0. The molecule has 0 saturated carbocycles. The van der Waals surface area contributed by atoms with Gasteiger partial charge in [0.2, 0.25) is 0 Å². The minimum atomic E-state index is -1.03. The standard InChI is InChI=1S/C44H30N2O12S2/c1-15-8-21(48)31-35-27(15)28-16(12-58-6-7-59-13-19(43-46-20(14-60-43)44(56)57)45-17-2-4-18(47)5-3-17)9-22(49)32-36(28)40-38-30(24(51)11-26(53)34(38)42(32)55)29-23(50)10-25(52)33(41(31)54)37(29)39(35)40/h2-5,8-11,20,47,50-55H,6-7,12-14H2,1H3,(H,56,57). The number of benzene rings is 9. The molecule has 0 aliphatic carbocycles. The Bertz CT molecular complexity index is 3500. The Morgan fingerprint density at radius 1 is 0.717 bits per heavy atom. The number of thioether (sulfide) groups is 2. The van der Waals surface area contributed by atoms with Gasteiger partial charge in [0.25, 0.3) is 0 Å². The zero-order chi connectivity index (χ0) is 42.0. The Hall–Kier alpha value is -6.75. The van der Waals surface area contributed by atoms with E-state index in [0.717, 1.165) is 12.1 Å². The van der Waals surface area contributed by atoms with Gasteiger partial charge in [0.15, 0.2) is 16.9 Å². The first-order valence-electron chi connectivity index (χ1n) is 18.5. The molecule has 1 atom stereocenters. The predicted octanol–water partition coefficient (Wildman–Crippen LogP) is 7.10. The number of phenolic OH excluding ortho intramolecular Hbond substituents is 7. The van der Waals surface area contributed by atoms with Crippen molar-refractivity contribution in [3.63, 3.8) is 0 Å². The molecule has 14 nitrogen and oxygen atoms in total. The summed E-state index contributed by atoms with van der Waals surface area (Å²) in [5.74, 6) is -3.04. The number of aliphatic carboxylic acids is 1. The number of rotatable bonds is 10. The number of carboxylic acid groups (broad SMARTS) is 1. The van der Waals surface area contributed by atoms with Crippen LogP contribution in [0.2, 0.25) is 0 Å². The zero-order valence-corrected chi connectivity index (χ0v) is 32.8. The maximum atomic E-state index is 14.2. The molecule has 0 saturated heterocycles. The van der Waals surface area contributed by atoms with E-state index in [-0.39, 0.29) is 89.4 Å². The molecule has 9 aromatic carbocycles. The van der Waals surface area contributed by atoms with Gasteiger partial charge in [-0.05, 0) is 65.2 Å². The van der Waals surface area contributed by atoms with E-state index in [0.29, 0.717) is 49.8 Å². The summed E-state index contributed by atoms with van der Waals surface area (Å²) in [7, 11) is 0. The summed E-state index contributed by atoms with van der Waals surface area (Å²) < 4.78 is 6.20. The number of phenols is 7. The monoisotopic (exact) mass is 842 g/mol. The molecule has 16 heteroatoms. The summed E-state index contributed by atoms with van der Waals surface area (Å²) in [6.45, 7) is 1.76. The van der Waals surface area contributed by atoms with Crippen molar-refractivity contribution in [1.82, 2.24) is 0 Å². The molecule has 0 amide bonds. The number of aliphatic imine (C=N–C) groups is 2. The minimum Gasteiger partial charge on any atom is -0.508 e. The summed E-state index contributed by atoms with van der Waals surface area (Å²) in [5.41, 5.74) is 0.818. The third kappa shape index (κ3) is 5.23. The van der Waals surface area contributed by atoms with Crippen LogP contribution in [0, 0.1) is 6.92 Å². The van der Waals surface area contributed by atoms with Gasteiger partial charge in [0.1, 0.15) is 45.3 Å². The van der Waals surface area contributed by atoms with Crippen LogP contribution in [0.3, 0.4) is 0 Å². The van der Waals surface area contributed by atoms with Gasteiger partial charge in [0, 0.05) is 72.5 Å². The van der Waals surface area contributed by atoms with Gasteiger partial charge in [-0.15, -0.1) is 11.8 Å². The van der Waals surface area contributed by atoms with Crippen molar-refractivity contribution >= 4 is 121 Å². The number of hydrogen-bond donors (Lipinski definition) is 8. The number of carboxylic acids is 1. The van der Waals surface area contributed by atoms with Crippen molar-refractivity contribution in [3.8, 4) is 40.2 Å². The summed E-state index contributed by atoms with van der Waals surface area (Å²) in [5, 5.41) is 90.1. The molecule has 8 N–H and O–H groups in total. The van der Waals surface area contributed by atoms with E-state index in [1.807, 2.05) is 0 Å². The highest BCUT2D eigenvalue weighted by atomic mass is 32.2. The number of aryl methyl sites for hydroxylation is 1. The lowest BCUT2D eigenvalue weighted by molar-refractivity contribution is -0.137. The van der Waals surface area contributed by atoms with Crippen LogP contribution in [0.5, 0.6) is 40.2 Å². The number of fused-ring (bicyclic) bond motifs is 2. The molecule has 10 rings (SSSR count). The van der Waals surface area contributed by atoms with E-state index in [1.165, 1.54) is 47.8 Å². The fraction of sp³-hybridized carbons (Fsp3) is 0.159. The number of carbonyl (C=O) groups is 1. The zero-order valence-electron chi connectivity index (χ0n) is 31.2. The Morgan fingerprint density at radius 2 is 1.25 bits per heavy atom. The molecule has 1 aliphatic rings. The second-order valence-corrected chi connectivity index (χ2v) is 16.9. The van der Waals surface area contributed by atoms with Crippen molar-refractivity contribution in [2.24, 2.45) is 9.98 Å². The average Bonchev–Trinajstić information content (AvgIpc) is 3.69. The van der Waals surface area contributed by atoms with Gasteiger partial charge in [-0.3, -0.25) is 14.6 Å². The third-order valence-electron chi connectivity index (χ3n) is 11.3. The van der Waals surface area contributed by atoms with Crippen molar-refractivity contribution in [1.29, 1.82) is 0 Å². The summed E-state index contributed by atoms with van der Waals surface area (Å²) in [6.07, 6.45) is 0. The first kappa shape index (κ1) is 37.5. The van der Waals surface area contributed by atoms with Crippen LogP contribution in [-0.4, -0.2) is 87.5 Å². The van der Waals surface area contributed by atoms with Gasteiger partial charge in [0.05, 0.1) is 46.2 Å². The van der Waals surface area contributed by atoms with Crippen molar-refractivity contribution in [2.75, 3.05) is 23.9 Å². The van der Waals surface area contributed by atoms with Gasteiger partial charge >= 0.3 is 5.97 Å². The Labute approximate surface area is 344 Å². The van der Waals surface area contributed by atoms with Crippen LogP contribution in [0.4, 0.5) is 5.69 Å². The minimum absolute atomic E-state index is 0.0111. The largest absolute Gasteiger partial charge is 0.508 e. The quantitative estimate of drug-likeness (QED) is 0.0296. The molecule has 1 unspecified atom stereocenters. The molecular weight excluding hydrogens is 813 g/mol. The molecule has 1 heterocycles. The van der Waals surface area contributed by atoms with Crippen molar-refractivity contribution in [3.05, 3.63) is 80.1 Å². The lowest BCUT2D eigenvalue weighted by Crippen LogP contribution is -2.17. The number of nitrogens with zero attached hydrogens (tertiary/aromatic N) is 2. The van der Waals surface area contributed by atoms with E-state index in [4.69, 9.17) is 9.73 Å². The second-order valence-electron chi connectivity index (χ2n) is 14.8. The van der Waals surface area contributed by atoms with Gasteiger partial charge in [-0.1, -0.05) is 0 Å². The second kappa shape index (κ2) is 13.4. The van der Waals surface area contributed by atoms with Crippen LogP contribution in [0.15, 0.2) is 68.1 Å². The normalized spacial score (nSPS) is 15.1. The molecule has 300 valence electrons. The molecule has 0 spiro atoms. The smallest absolute Gasteiger partial charge is 0.329 e. The molecule has 0 aromatic heterocycles. The highest BCUT2D eigenvalue weighted by molar-refractivity contribution is 8.16. The molecule has 0 bridgehead atoms. The molecule has 60 heavy (non-hydrogen) atoms. The van der Waals surface area contributed by atoms with Crippen LogP contribution in [0.1, 0.15) is 11.1 Å². The molecule has 1 aliphatic heterocycles. The Morgan fingerprint density at radius 3 is 1.83 bits per heavy atom. The lowest BCUT2D eigenvalue weighted by atomic mass is 9.77. The average molecular weight is 843 g/mol. The molecule has 0 radical (unpaired) electrons. The summed E-state index contributed by atoms with van der Waals surface area (Å²) >= 11 is 2.76. The highest BCUT2D eigenvalue weighted by Gasteiger charge is 2.34. The predicted molar refractivity (Wildman–Crippen MR) is 234 cm³/mol. The molecular formula is C44H30N2O12S2. The topological polar surface area (TPSA) is 247 Å². The van der Waals surface area contributed by atoms with Crippen LogP contribution in [0.25, 0.3) is 75.4 Å². The number of hydrogen-bond acceptors (Lipinski definition) is 15. The van der Waals surface area contributed by atoms with E-state index in [2.05, 4.69) is 4.99 Å². The van der Waals surface area contributed by atoms with E-state index < -0.39 is 57.4 Å². The SMILES string of the molecule is Cc1cc(=O)c2c(O)c3c(O)cc(O)c4c5c(O)cc(O)c6c(O)c7c(=O)cc(COCCSCC(=Nc8ccc(O)cc8)C8=NC(C(=O)O)CS8)c8c1c2c(c34)c(c65)c78. The number of aromatic hydroxyl groups is 7. The van der Waals surface area contributed by atoms with Gasteiger partial charge < -0.3 is 45.6 Å². The van der Waals surface area contributed by atoms with Gasteiger partial charge in [-0.2, -0.15) is 11.8 Å². The van der Waals surface area contributed by atoms with Crippen molar-refractivity contribution in [2.45, 2.75) is 19.6 Å². The first-order valence-corrected chi connectivity index (χ1v) is 20.7. The van der Waals surface area contributed by atoms with E-state index in [1.54, 1.807) is 19.1 Å². The van der Waals surface area contributed by atoms with Crippen LogP contribution < -0.4 is 10.9 Å². The maximum Gasteiger partial charge on any atom is 0.329 e. The molecule has 9 aromatic rings. The fourth-order valence-corrected chi connectivity index (χ4v) is 10.8. The maximum absolute atomic E-state index is 14.2. The molecule has 0 fully saturated rings. The summed E-state index contributed by atoms with van der Waals surface area (Å²) in [4.78, 5) is 48.7. The van der Waals surface area contributed by atoms with E-state index in [9.17, 15) is 55.2 Å². The fourth-order valence-electron chi connectivity index (χ4n) is 8.94. The van der Waals surface area contributed by atoms with Crippen LogP contribution in [-0.2, 0) is 16.1 Å².